The number of hydrogen-bond acceptors (Lipinski definition) is 4. The lowest BCUT2D eigenvalue weighted by molar-refractivity contribution is 0.0774. The van der Waals surface area contributed by atoms with Gasteiger partial charge in [-0.1, -0.05) is 6.07 Å². The summed E-state index contributed by atoms with van der Waals surface area (Å²) in [5.74, 6) is 5.04. The number of para-hydroxylation sites is 1. The number of nitrogens with one attached hydrogen (secondary N) is 1. The number of rotatable bonds is 4. The Morgan fingerprint density at radius 2 is 2.35 bits per heavy atom. The highest BCUT2D eigenvalue weighted by Gasteiger charge is 2.24. The molecule has 1 amide bonds. The lowest BCUT2D eigenvalue weighted by Gasteiger charge is -2.22. The number of hydrazine groups is 1. The average Bonchev–Trinajstić information content (AvgIpc) is 2.82. The third-order valence-electron chi connectivity index (χ3n) is 3.76. The van der Waals surface area contributed by atoms with E-state index in [1.165, 1.54) is 12.1 Å². The number of benzene rings is 1. The first-order valence-electron chi connectivity index (χ1n) is 6.72. The second kappa shape index (κ2) is 6.19. The van der Waals surface area contributed by atoms with E-state index in [0.717, 1.165) is 19.5 Å². The van der Waals surface area contributed by atoms with E-state index in [2.05, 4.69) is 17.4 Å². The number of anilines is 1. The zero-order chi connectivity index (χ0) is 14.7. The van der Waals surface area contributed by atoms with E-state index in [1.807, 2.05) is 0 Å². The molecule has 0 saturated carbocycles. The SMILES string of the molecule is CN1CCC(CN(C)C(=O)c2cccc(F)c2NN)C1. The maximum Gasteiger partial charge on any atom is 0.255 e. The number of carbonyl (C=O) groups is 1. The van der Waals surface area contributed by atoms with E-state index in [4.69, 9.17) is 5.84 Å². The molecular weight excluding hydrogens is 259 g/mol. The zero-order valence-electron chi connectivity index (χ0n) is 11.9. The Hall–Kier alpha value is -1.66. The molecular formula is C14H21FN4O. The summed E-state index contributed by atoms with van der Waals surface area (Å²) in [6.45, 7) is 2.72. The smallest absolute Gasteiger partial charge is 0.255 e. The summed E-state index contributed by atoms with van der Waals surface area (Å²) in [6, 6.07) is 4.37. The van der Waals surface area contributed by atoms with Crippen LogP contribution in [0.1, 0.15) is 16.8 Å². The first kappa shape index (κ1) is 14.7. The Morgan fingerprint density at radius 1 is 1.60 bits per heavy atom. The first-order chi connectivity index (χ1) is 9.52. The Kier molecular flexibility index (Phi) is 4.57. The Labute approximate surface area is 118 Å². The highest BCUT2D eigenvalue weighted by molar-refractivity contribution is 5.99. The van der Waals surface area contributed by atoms with Gasteiger partial charge in [0.1, 0.15) is 5.82 Å². The predicted molar refractivity (Wildman–Crippen MR) is 76.8 cm³/mol. The van der Waals surface area contributed by atoms with Crippen LogP contribution in [0.25, 0.3) is 0 Å². The van der Waals surface area contributed by atoms with Gasteiger partial charge in [-0.05, 0) is 38.1 Å². The number of hydrogen-bond donors (Lipinski definition) is 2. The highest BCUT2D eigenvalue weighted by Crippen LogP contribution is 2.21. The van der Waals surface area contributed by atoms with E-state index in [1.54, 1.807) is 18.0 Å². The number of nitrogen functional groups attached to an aromatic ring is 1. The lowest BCUT2D eigenvalue weighted by Crippen LogP contribution is -2.33. The number of likely N-dealkylation sites (tertiary alicyclic amines) is 1. The van der Waals surface area contributed by atoms with Crippen molar-refractivity contribution in [3.63, 3.8) is 0 Å². The summed E-state index contributed by atoms with van der Waals surface area (Å²) >= 11 is 0. The van der Waals surface area contributed by atoms with E-state index >= 15 is 0 Å². The van der Waals surface area contributed by atoms with E-state index in [-0.39, 0.29) is 17.2 Å². The molecule has 1 aliphatic rings. The van der Waals surface area contributed by atoms with Gasteiger partial charge in [0, 0.05) is 20.1 Å². The molecule has 1 aliphatic heterocycles. The van der Waals surface area contributed by atoms with Crippen molar-refractivity contribution >= 4 is 11.6 Å². The van der Waals surface area contributed by atoms with Crippen LogP contribution in [0, 0.1) is 11.7 Å². The molecule has 3 N–H and O–H groups in total. The van der Waals surface area contributed by atoms with Crippen molar-refractivity contribution < 1.29 is 9.18 Å². The summed E-state index contributed by atoms with van der Waals surface area (Å²) in [5, 5.41) is 0. The molecule has 1 saturated heterocycles. The van der Waals surface area contributed by atoms with E-state index in [0.29, 0.717) is 12.5 Å². The average molecular weight is 280 g/mol. The molecule has 1 fully saturated rings. The van der Waals surface area contributed by atoms with E-state index < -0.39 is 5.82 Å². The fraction of sp³-hybridized carbons (Fsp3) is 0.500. The summed E-state index contributed by atoms with van der Waals surface area (Å²) in [7, 11) is 3.82. The minimum atomic E-state index is -0.521. The number of nitrogens with zero attached hydrogens (tertiary/aromatic N) is 2. The molecule has 0 aromatic heterocycles. The molecule has 20 heavy (non-hydrogen) atoms. The van der Waals surface area contributed by atoms with Crippen LogP contribution in [0.3, 0.4) is 0 Å². The van der Waals surface area contributed by atoms with Gasteiger partial charge >= 0.3 is 0 Å². The van der Waals surface area contributed by atoms with Gasteiger partial charge < -0.3 is 15.2 Å². The van der Waals surface area contributed by atoms with Crippen molar-refractivity contribution in [1.29, 1.82) is 0 Å². The minimum absolute atomic E-state index is 0.0490. The number of carbonyl (C=O) groups excluding carboxylic acids is 1. The molecule has 1 aromatic rings. The van der Waals surface area contributed by atoms with Gasteiger partial charge in [-0.2, -0.15) is 0 Å². The van der Waals surface area contributed by atoms with Crippen molar-refractivity contribution in [3.8, 4) is 0 Å². The summed E-state index contributed by atoms with van der Waals surface area (Å²) in [5.41, 5.74) is 2.58. The molecule has 1 atom stereocenters. The molecule has 1 aromatic carbocycles. The van der Waals surface area contributed by atoms with E-state index in [9.17, 15) is 9.18 Å². The Balaban J connectivity index is 2.09. The summed E-state index contributed by atoms with van der Waals surface area (Å²) < 4.78 is 13.6. The molecule has 2 rings (SSSR count). The van der Waals surface area contributed by atoms with Crippen molar-refractivity contribution in [2.45, 2.75) is 6.42 Å². The second-order valence-electron chi connectivity index (χ2n) is 5.41. The van der Waals surface area contributed by atoms with Crippen LogP contribution in [-0.2, 0) is 0 Å². The molecule has 5 nitrogen and oxygen atoms in total. The molecule has 0 aliphatic carbocycles. The van der Waals surface area contributed by atoms with Crippen LogP contribution in [0.15, 0.2) is 18.2 Å². The lowest BCUT2D eigenvalue weighted by atomic mass is 10.1. The van der Waals surface area contributed by atoms with Crippen LogP contribution in [-0.4, -0.2) is 49.4 Å². The van der Waals surface area contributed by atoms with Crippen LogP contribution in [0.2, 0.25) is 0 Å². The third kappa shape index (κ3) is 3.08. The monoisotopic (exact) mass is 280 g/mol. The maximum atomic E-state index is 13.6. The van der Waals surface area contributed by atoms with Gasteiger partial charge in [0.15, 0.2) is 0 Å². The van der Waals surface area contributed by atoms with Gasteiger partial charge in [-0.25, -0.2) is 4.39 Å². The van der Waals surface area contributed by atoms with Crippen LogP contribution in [0.5, 0.6) is 0 Å². The zero-order valence-corrected chi connectivity index (χ0v) is 11.9. The normalized spacial score (nSPS) is 19.1. The second-order valence-corrected chi connectivity index (χ2v) is 5.41. The molecule has 0 radical (unpaired) electrons. The van der Waals surface area contributed by atoms with Gasteiger partial charge in [-0.3, -0.25) is 10.6 Å². The van der Waals surface area contributed by atoms with Crippen molar-refractivity contribution in [2.24, 2.45) is 11.8 Å². The van der Waals surface area contributed by atoms with Crippen molar-refractivity contribution in [1.82, 2.24) is 9.80 Å². The fourth-order valence-corrected chi connectivity index (χ4v) is 2.70. The highest BCUT2D eigenvalue weighted by atomic mass is 19.1. The van der Waals surface area contributed by atoms with Crippen LogP contribution in [0.4, 0.5) is 10.1 Å². The number of amides is 1. The molecule has 110 valence electrons. The topological polar surface area (TPSA) is 61.6 Å². The summed E-state index contributed by atoms with van der Waals surface area (Å²) in [6.07, 6.45) is 1.08. The largest absolute Gasteiger partial charge is 0.341 e. The number of halogens is 1. The predicted octanol–water partition coefficient (Wildman–Crippen LogP) is 1.14. The van der Waals surface area contributed by atoms with Crippen LogP contribution >= 0.6 is 0 Å². The molecule has 1 heterocycles. The van der Waals surface area contributed by atoms with Gasteiger partial charge in [-0.15, -0.1) is 0 Å². The maximum absolute atomic E-state index is 13.6. The summed E-state index contributed by atoms with van der Waals surface area (Å²) in [4.78, 5) is 16.3. The van der Waals surface area contributed by atoms with Gasteiger partial charge in [0.2, 0.25) is 0 Å². The number of nitrogens with two attached hydrogens (primary N) is 1. The molecule has 0 bridgehead atoms. The Morgan fingerprint density at radius 3 is 2.95 bits per heavy atom. The van der Waals surface area contributed by atoms with Crippen LogP contribution < -0.4 is 11.3 Å². The molecule has 6 heteroatoms. The first-order valence-corrected chi connectivity index (χ1v) is 6.72. The quantitative estimate of drug-likeness (QED) is 0.641. The van der Waals surface area contributed by atoms with Crippen molar-refractivity contribution in [2.75, 3.05) is 39.2 Å². The minimum Gasteiger partial charge on any atom is -0.341 e. The fourth-order valence-electron chi connectivity index (χ4n) is 2.70. The van der Waals surface area contributed by atoms with Gasteiger partial charge in [0.25, 0.3) is 5.91 Å². The standard InChI is InChI=1S/C14H21FN4O/c1-18-7-6-10(8-18)9-19(2)14(20)11-4-3-5-12(15)13(11)17-16/h3-5,10,17H,6-9,16H2,1-2H3. The Bertz CT molecular complexity index is 494. The molecule has 0 spiro atoms. The third-order valence-corrected chi connectivity index (χ3v) is 3.76. The van der Waals surface area contributed by atoms with Gasteiger partial charge in [0.05, 0.1) is 11.3 Å². The van der Waals surface area contributed by atoms with Crippen molar-refractivity contribution in [3.05, 3.63) is 29.6 Å². The molecule has 1 unspecified atom stereocenters.